The van der Waals surface area contributed by atoms with Gasteiger partial charge in [0.25, 0.3) is 5.56 Å². The summed E-state index contributed by atoms with van der Waals surface area (Å²) in [7, 11) is 1.30. The Morgan fingerprint density at radius 3 is 3.05 bits per heavy atom. The first kappa shape index (κ1) is 12.5. The molecule has 1 N–H and O–H groups in total. The van der Waals surface area contributed by atoms with Gasteiger partial charge in [-0.05, 0) is 18.4 Å². The Labute approximate surface area is 116 Å². The summed E-state index contributed by atoms with van der Waals surface area (Å²) in [4.78, 5) is 30.5. The number of aromatic amines is 1. The third-order valence-electron chi connectivity index (χ3n) is 2.92. The number of carbonyl (C=O) groups is 1. The number of aromatic nitrogens is 4. The zero-order valence-electron chi connectivity index (χ0n) is 10.7. The number of H-pyrrole nitrogens is 1. The zero-order valence-corrected chi connectivity index (χ0v) is 11.5. The van der Waals surface area contributed by atoms with Gasteiger partial charge in [0.05, 0.1) is 24.5 Å². The van der Waals surface area contributed by atoms with Crippen molar-refractivity contribution in [3.8, 4) is 5.95 Å². The third-order valence-corrected chi connectivity index (χ3v) is 3.82. The maximum absolute atomic E-state index is 11.9. The third kappa shape index (κ3) is 1.81. The molecular weight excluding hydrogens is 280 g/mol. The van der Waals surface area contributed by atoms with Crippen molar-refractivity contribution in [3.63, 3.8) is 0 Å². The van der Waals surface area contributed by atoms with E-state index in [4.69, 9.17) is 0 Å². The predicted octanol–water partition coefficient (Wildman–Crippen LogP) is 1.27. The molecule has 8 heteroatoms. The number of nitrogens with zero attached hydrogens (tertiary/aromatic N) is 3. The van der Waals surface area contributed by atoms with Gasteiger partial charge in [-0.1, -0.05) is 0 Å². The zero-order chi connectivity index (χ0) is 14.3. The predicted molar refractivity (Wildman–Crippen MR) is 73.4 cm³/mol. The highest BCUT2D eigenvalue weighted by molar-refractivity contribution is 7.17. The molecule has 0 aliphatic rings. The second-order valence-electron chi connectivity index (χ2n) is 4.07. The van der Waals surface area contributed by atoms with Gasteiger partial charge in [-0.15, -0.1) is 11.3 Å². The van der Waals surface area contributed by atoms with Crippen LogP contribution in [-0.2, 0) is 4.74 Å². The quantitative estimate of drug-likeness (QED) is 0.718. The topological polar surface area (TPSA) is 89.9 Å². The lowest BCUT2D eigenvalue weighted by Crippen LogP contribution is -2.14. The van der Waals surface area contributed by atoms with E-state index in [0.29, 0.717) is 21.5 Å². The van der Waals surface area contributed by atoms with Crippen LogP contribution in [0.2, 0.25) is 0 Å². The highest BCUT2D eigenvalue weighted by Gasteiger charge is 2.17. The minimum absolute atomic E-state index is 0.227. The molecular formula is C12H10N4O3S. The van der Waals surface area contributed by atoms with E-state index in [-0.39, 0.29) is 11.5 Å². The van der Waals surface area contributed by atoms with Crippen LogP contribution in [0.3, 0.4) is 0 Å². The van der Waals surface area contributed by atoms with Crippen LogP contribution in [0.1, 0.15) is 16.1 Å². The minimum Gasteiger partial charge on any atom is -0.465 e. The van der Waals surface area contributed by atoms with Gasteiger partial charge in [0, 0.05) is 0 Å². The molecule has 102 valence electrons. The molecule has 3 aromatic rings. The maximum Gasteiger partial charge on any atom is 0.341 e. The van der Waals surface area contributed by atoms with E-state index >= 15 is 0 Å². The average molecular weight is 290 g/mol. The van der Waals surface area contributed by atoms with Crippen LogP contribution in [0.4, 0.5) is 0 Å². The summed E-state index contributed by atoms with van der Waals surface area (Å²) in [5, 5.41) is 5.87. The Morgan fingerprint density at radius 1 is 1.50 bits per heavy atom. The normalized spacial score (nSPS) is 10.9. The van der Waals surface area contributed by atoms with E-state index in [0.717, 1.165) is 0 Å². The number of methoxy groups -OCH3 is 1. The van der Waals surface area contributed by atoms with Gasteiger partial charge in [0.1, 0.15) is 10.3 Å². The second-order valence-corrected chi connectivity index (χ2v) is 4.99. The van der Waals surface area contributed by atoms with E-state index < -0.39 is 5.97 Å². The average Bonchev–Trinajstić information content (AvgIpc) is 3.04. The van der Waals surface area contributed by atoms with Crippen LogP contribution in [0, 0.1) is 6.92 Å². The van der Waals surface area contributed by atoms with E-state index in [1.54, 1.807) is 18.4 Å². The van der Waals surface area contributed by atoms with Crippen molar-refractivity contribution in [1.29, 1.82) is 0 Å². The SMILES string of the molecule is COC(=O)c1cnn(-c2nc3ccsc3c(=O)[nH]2)c1C. The summed E-state index contributed by atoms with van der Waals surface area (Å²) >= 11 is 1.33. The molecule has 0 unspecified atom stereocenters. The van der Waals surface area contributed by atoms with Crippen molar-refractivity contribution in [2.45, 2.75) is 6.92 Å². The Morgan fingerprint density at radius 2 is 2.30 bits per heavy atom. The molecule has 0 spiro atoms. The Kier molecular flexibility index (Phi) is 2.87. The van der Waals surface area contributed by atoms with Crippen molar-refractivity contribution >= 4 is 27.5 Å². The molecule has 0 fully saturated rings. The van der Waals surface area contributed by atoms with Crippen LogP contribution in [0.5, 0.6) is 0 Å². The molecule has 20 heavy (non-hydrogen) atoms. The summed E-state index contributed by atoms with van der Waals surface area (Å²) in [6, 6.07) is 1.76. The van der Waals surface area contributed by atoms with Gasteiger partial charge in [0.15, 0.2) is 0 Å². The van der Waals surface area contributed by atoms with E-state index in [2.05, 4.69) is 19.8 Å². The standard InChI is InChI=1S/C12H10N4O3S/c1-6-7(11(18)19-2)5-13-16(6)12-14-8-3-4-20-9(8)10(17)15-12/h3-5H,1-2H3,(H,14,15,17). The summed E-state index contributed by atoms with van der Waals surface area (Å²) < 4.78 is 6.63. The number of ether oxygens (including phenoxy) is 1. The molecule has 7 nitrogen and oxygen atoms in total. The number of hydrogen-bond donors (Lipinski definition) is 1. The molecule has 0 atom stereocenters. The fourth-order valence-electron chi connectivity index (χ4n) is 1.89. The highest BCUT2D eigenvalue weighted by atomic mass is 32.1. The van der Waals surface area contributed by atoms with Crippen molar-refractivity contribution in [2.24, 2.45) is 0 Å². The highest BCUT2D eigenvalue weighted by Crippen LogP contribution is 2.16. The van der Waals surface area contributed by atoms with Crippen LogP contribution < -0.4 is 5.56 Å². The van der Waals surface area contributed by atoms with E-state index in [1.165, 1.54) is 29.3 Å². The number of fused-ring (bicyclic) bond motifs is 1. The Bertz CT molecular complexity index is 861. The molecule has 0 aromatic carbocycles. The number of nitrogens with one attached hydrogen (secondary N) is 1. The van der Waals surface area contributed by atoms with Crippen molar-refractivity contribution in [2.75, 3.05) is 7.11 Å². The summed E-state index contributed by atoms with van der Waals surface area (Å²) in [5.41, 5.74) is 1.26. The fraction of sp³-hybridized carbons (Fsp3) is 0.167. The van der Waals surface area contributed by atoms with Crippen molar-refractivity contribution in [3.05, 3.63) is 39.3 Å². The fourth-order valence-corrected chi connectivity index (χ4v) is 2.62. The van der Waals surface area contributed by atoms with Crippen LogP contribution in [0.15, 0.2) is 22.4 Å². The Hall–Kier alpha value is -2.48. The minimum atomic E-state index is -0.479. The molecule has 0 aliphatic carbocycles. The first-order valence-corrected chi connectivity index (χ1v) is 6.60. The smallest absolute Gasteiger partial charge is 0.341 e. The number of thiophene rings is 1. The molecule has 0 saturated heterocycles. The summed E-state index contributed by atoms with van der Waals surface area (Å²) in [6.45, 7) is 1.71. The molecule has 0 bridgehead atoms. The maximum atomic E-state index is 11.9. The van der Waals surface area contributed by atoms with Gasteiger partial charge < -0.3 is 4.74 Å². The van der Waals surface area contributed by atoms with E-state index in [9.17, 15) is 9.59 Å². The number of rotatable bonds is 2. The van der Waals surface area contributed by atoms with Crippen molar-refractivity contribution in [1.82, 2.24) is 19.7 Å². The first-order chi connectivity index (χ1) is 9.61. The molecule has 0 aliphatic heterocycles. The van der Waals surface area contributed by atoms with Gasteiger partial charge in [-0.3, -0.25) is 9.78 Å². The number of esters is 1. The molecule has 3 aromatic heterocycles. The first-order valence-electron chi connectivity index (χ1n) is 5.72. The van der Waals surface area contributed by atoms with Crippen LogP contribution >= 0.6 is 11.3 Å². The lowest BCUT2D eigenvalue weighted by atomic mass is 10.3. The number of hydrogen-bond acceptors (Lipinski definition) is 6. The molecule has 3 rings (SSSR count). The van der Waals surface area contributed by atoms with Gasteiger partial charge in [-0.2, -0.15) is 5.10 Å². The Balaban J connectivity index is 2.18. The van der Waals surface area contributed by atoms with Gasteiger partial charge in [-0.25, -0.2) is 14.5 Å². The largest absolute Gasteiger partial charge is 0.465 e. The second kappa shape index (κ2) is 4.57. The summed E-state index contributed by atoms with van der Waals surface area (Å²) in [6.07, 6.45) is 1.39. The van der Waals surface area contributed by atoms with Gasteiger partial charge in [0.2, 0.25) is 5.95 Å². The van der Waals surface area contributed by atoms with Gasteiger partial charge >= 0.3 is 5.97 Å². The van der Waals surface area contributed by atoms with Crippen LogP contribution in [-0.4, -0.2) is 32.8 Å². The molecule has 0 saturated carbocycles. The van der Waals surface area contributed by atoms with Crippen LogP contribution in [0.25, 0.3) is 16.2 Å². The number of carbonyl (C=O) groups excluding carboxylic acids is 1. The molecule has 0 amide bonds. The molecule has 3 heterocycles. The lowest BCUT2D eigenvalue weighted by Gasteiger charge is -2.03. The summed E-state index contributed by atoms with van der Waals surface area (Å²) in [5.74, 6) is -0.207. The van der Waals surface area contributed by atoms with Crippen molar-refractivity contribution < 1.29 is 9.53 Å². The monoisotopic (exact) mass is 290 g/mol. The lowest BCUT2D eigenvalue weighted by molar-refractivity contribution is 0.0600. The van der Waals surface area contributed by atoms with E-state index in [1.807, 2.05) is 0 Å². The molecule has 0 radical (unpaired) electrons.